The summed E-state index contributed by atoms with van der Waals surface area (Å²) in [6.45, 7) is -1.85. The van der Waals surface area contributed by atoms with Crippen molar-refractivity contribution in [2.45, 2.75) is 31.2 Å². The highest BCUT2D eigenvalue weighted by molar-refractivity contribution is 6.30. The molecule has 0 radical (unpaired) electrons. The highest BCUT2D eigenvalue weighted by Gasteiger charge is 2.32. The Morgan fingerprint density at radius 1 is 1.05 bits per heavy atom. The number of aliphatic hydroxyl groups is 1. The van der Waals surface area contributed by atoms with E-state index >= 15 is 0 Å². The van der Waals surface area contributed by atoms with Gasteiger partial charge < -0.3 is 20.9 Å². The number of nitrogen functional groups attached to an aromatic ring is 1. The fraction of sp³-hybridized carbons (Fsp3) is 0.231. The highest BCUT2D eigenvalue weighted by atomic mass is 35.5. The first-order chi connectivity index (χ1) is 18.3. The third-order valence-electron chi connectivity index (χ3n) is 5.63. The number of benzene rings is 3. The van der Waals surface area contributed by atoms with Crippen LogP contribution in [0.2, 0.25) is 5.02 Å². The van der Waals surface area contributed by atoms with Gasteiger partial charge in [-0.2, -0.15) is 18.3 Å². The van der Waals surface area contributed by atoms with Crippen LogP contribution in [0.5, 0.6) is 0 Å². The largest absolute Gasteiger partial charge is 0.454 e. The van der Waals surface area contributed by atoms with Crippen molar-refractivity contribution in [3.63, 3.8) is 0 Å². The summed E-state index contributed by atoms with van der Waals surface area (Å²) in [6, 6.07) is 17.4. The smallest absolute Gasteiger partial charge is 0.422 e. The van der Waals surface area contributed by atoms with Crippen LogP contribution in [0.25, 0.3) is 11.1 Å². The molecule has 1 unspecified atom stereocenters. The van der Waals surface area contributed by atoms with Crippen LogP contribution in [0.3, 0.4) is 0 Å². The van der Waals surface area contributed by atoms with Crippen molar-refractivity contribution in [3.8, 4) is 11.1 Å². The molecule has 39 heavy (non-hydrogen) atoms. The van der Waals surface area contributed by atoms with Crippen molar-refractivity contribution in [2.75, 3.05) is 17.5 Å². The molecule has 0 saturated carbocycles. The molecule has 208 valence electrons. The zero-order valence-electron chi connectivity index (χ0n) is 20.4. The Morgan fingerprint density at radius 2 is 1.74 bits per heavy atom. The number of nitrogens with one attached hydrogen (secondary N) is 1. The van der Waals surface area contributed by atoms with Crippen LogP contribution in [0.4, 0.5) is 24.5 Å². The zero-order chi connectivity index (χ0) is 28.7. The molecule has 0 aliphatic rings. The minimum atomic E-state index is -4.76. The molecule has 0 aromatic heterocycles. The van der Waals surface area contributed by atoms with Gasteiger partial charge in [0.15, 0.2) is 12.7 Å². The molecule has 3 aromatic rings. The second-order valence-electron chi connectivity index (χ2n) is 8.67. The number of nitrogens with two attached hydrogens (primary N) is 2. The van der Waals surface area contributed by atoms with Gasteiger partial charge in [-0.05, 0) is 53.4 Å². The van der Waals surface area contributed by atoms with E-state index in [0.29, 0.717) is 10.6 Å². The van der Waals surface area contributed by atoms with E-state index < -0.39 is 43.2 Å². The summed E-state index contributed by atoms with van der Waals surface area (Å²) in [7, 11) is 0. The van der Waals surface area contributed by atoms with Crippen LogP contribution in [-0.2, 0) is 16.0 Å². The van der Waals surface area contributed by atoms with Crippen molar-refractivity contribution in [1.82, 2.24) is 5.32 Å². The Bertz CT molecular complexity index is 1310. The third kappa shape index (κ3) is 8.86. The molecule has 3 aromatic carbocycles. The lowest BCUT2D eigenvalue weighted by Crippen LogP contribution is -2.41. The number of halogens is 4. The molecule has 0 aliphatic carbocycles. The molecule has 3 rings (SSSR count). The number of esters is 1. The number of hydrogen-bond acceptors (Lipinski definition) is 8. The van der Waals surface area contributed by atoms with Gasteiger partial charge in [-0.25, -0.2) is 10.6 Å². The molecule has 0 saturated heterocycles. The fourth-order valence-electron chi connectivity index (χ4n) is 3.75. The number of ether oxygens (including phenoxy) is 1. The molecular formula is C26H26ClF3N4O5. The second kappa shape index (κ2) is 12.8. The summed E-state index contributed by atoms with van der Waals surface area (Å²) < 4.78 is 41.4. The summed E-state index contributed by atoms with van der Waals surface area (Å²) in [4.78, 5) is 24.9. The first kappa shape index (κ1) is 29.7. The Morgan fingerprint density at radius 3 is 2.36 bits per heavy atom. The van der Waals surface area contributed by atoms with Gasteiger partial charge in [0, 0.05) is 23.0 Å². The molecule has 0 heterocycles. The summed E-state index contributed by atoms with van der Waals surface area (Å²) in [5.74, 6) is 3.17. The van der Waals surface area contributed by atoms with Gasteiger partial charge >= 0.3 is 12.1 Å². The average Bonchev–Trinajstić information content (AvgIpc) is 2.87. The number of anilines is 2. The summed E-state index contributed by atoms with van der Waals surface area (Å²) in [5.41, 5.74) is 8.25. The van der Waals surface area contributed by atoms with E-state index in [2.05, 4.69) is 10.1 Å². The lowest BCUT2D eigenvalue weighted by Gasteiger charge is -2.22. The van der Waals surface area contributed by atoms with Gasteiger partial charge in [-0.3, -0.25) is 10.0 Å². The Balaban J connectivity index is 1.79. The van der Waals surface area contributed by atoms with Crippen molar-refractivity contribution >= 4 is 34.9 Å². The molecule has 0 aliphatic heterocycles. The van der Waals surface area contributed by atoms with Gasteiger partial charge in [0.2, 0.25) is 0 Å². The first-order valence-corrected chi connectivity index (χ1v) is 11.9. The van der Waals surface area contributed by atoms with Crippen LogP contribution in [0, 0.1) is 0 Å². The van der Waals surface area contributed by atoms with E-state index in [4.69, 9.17) is 23.2 Å². The molecule has 2 atom stereocenters. The van der Waals surface area contributed by atoms with E-state index in [1.165, 1.54) is 18.2 Å². The average molecular weight is 567 g/mol. The van der Waals surface area contributed by atoms with Gasteiger partial charge in [0.05, 0.1) is 5.69 Å². The third-order valence-corrected chi connectivity index (χ3v) is 5.86. The van der Waals surface area contributed by atoms with Gasteiger partial charge in [0.1, 0.15) is 5.69 Å². The first-order valence-electron chi connectivity index (χ1n) is 11.5. The lowest BCUT2D eigenvalue weighted by atomic mass is 9.97. The minimum Gasteiger partial charge on any atom is -0.454 e. The van der Waals surface area contributed by atoms with Gasteiger partial charge in [0.25, 0.3) is 5.91 Å². The molecule has 13 heteroatoms. The second-order valence-corrected chi connectivity index (χ2v) is 9.11. The summed E-state index contributed by atoms with van der Waals surface area (Å²) >= 11 is 6.06. The van der Waals surface area contributed by atoms with Gasteiger partial charge in [-0.1, -0.05) is 48.0 Å². The Kier molecular flexibility index (Phi) is 9.76. The number of carbonyl (C=O) groups is 2. The van der Waals surface area contributed by atoms with E-state index in [-0.39, 0.29) is 28.5 Å². The van der Waals surface area contributed by atoms with Crippen LogP contribution in [0.1, 0.15) is 22.3 Å². The monoisotopic (exact) mass is 566 g/mol. The minimum absolute atomic E-state index is 0.0409. The van der Waals surface area contributed by atoms with Crippen LogP contribution >= 0.6 is 11.6 Å². The maximum absolute atomic E-state index is 13.0. The van der Waals surface area contributed by atoms with E-state index in [0.717, 1.165) is 11.1 Å². The summed E-state index contributed by atoms with van der Waals surface area (Å²) in [5, 5.41) is 23.2. The number of hydrogen-bond donors (Lipinski definition) is 5. The maximum atomic E-state index is 13.0. The molecule has 9 nitrogen and oxygen atoms in total. The number of aliphatic hydroxyl groups excluding tert-OH is 1. The maximum Gasteiger partial charge on any atom is 0.422 e. The van der Waals surface area contributed by atoms with Crippen molar-refractivity contribution in [1.29, 1.82) is 0 Å². The molecule has 0 fully saturated rings. The van der Waals surface area contributed by atoms with Crippen molar-refractivity contribution in [3.05, 3.63) is 82.9 Å². The predicted molar refractivity (Wildman–Crippen MR) is 139 cm³/mol. The zero-order valence-corrected chi connectivity index (χ0v) is 21.1. The lowest BCUT2D eigenvalue weighted by molar-refractivity contribution is -0.192. The van der Waals surface area contributed by atoms with Crippen LogP contribution in [0.15, 0.2) is 66.7 Å². The Labute approximate surface area is 226 Å². The predicted octanol–water partition coefficient (Wildman–Crippen LogP) is 3.86. The standard InChI is InChI=1S/C26H26ClF3N4O5/c27-19-3-1-2-17(11-19)16-6-4-15(5-7-16)10-20(13-23(35)25(37)39-14-26(28,29)30)33-24(36)18-8-9-21(31)22(12-18)34(32)38/h1-9,11-12,20,23,35,38H,10,13-14,31-32H2,(H,33,36)/t20-,23?/m1/s1. The van der Waals surface area contributed by atoms with E-state index in [1.807, 2.05) is 18.2 Å². The van der Waals surface area contributed by atoms with Crippen molar-refractivity contribution < 1.29 is 37.8 Å². The highest BCUT2D eigenvalue weighted by Crippen LogP contribution is 2.25. The molecule has 1 amide bonds. The van der Waals surface area contributed by atoms with Gasteiger partial charge in [-0.15, -0.1) is 0 Å². The number of carbonyl (C=O) groups excluding carboxylic acids is 2. The summed E-state index contributed by atoms with van der Waals surface area (Å²) in [6.07, 6.45) is -7.04. The topological polar surface area (TPSA) is 151 Å². The fourth-order valence-corrected chi connectivity index (χ4v) is 3.94. The molecule has 0 spiro atoms. The number of nitrogens with zero attached hydrogens (tertiary/aromatic N) is 1. The molecule has 0 bridgehead atoms. The van der Waals surface area contributed by atoms with Crippen LogP contribution in [-0.4, -0.2) is 47.1 Å². The Hall–Kier alpha value is -3.84. The van der Waals surface area contributed by atoms with E-state index in [1.54, 1.807) is 30.3 Å². The molecular weight excluding hydrogens is 541 g/mol. The number of hydrazine groups is 1. The quantitative estimate of drug-likeness (QED) is 0.107. The van der Waals surface area contributed by atoms with Crippen LogP contribution < -0.4 is 22.1 Å². The number of alkyl halides is 3. The number of amides is 1. The van der Waals surface area contributed by atoms with E-state index in [9.17, 15) is 33.1 Å². The normalized spacial score (nSPS) is 12.9. The van der Waals surface area contributed by atoms with Crippen molar-refractivity contribution in [2.24, 2.45) is 5.84 Å². The number of rotatable bonds is 10. The molecule has 7 N–H and O–H groups in total. The SMILES string of the molecule is Nc1ccc(C(=O)N[C@H](Cc2ccc(-c3cccc(Cl)c3)cc2)CC(O)C(=O)OCC(F)(F)F)cc1N(N)O.